The van der Waals surface area contributed by atoms with E-state index in [0.29, 0.717) is 25.7 Å². The number of halogens is 2. The molecule has 0 fully saturated rings. The van der Waals surface area contributed by atoms with Crippen molar-refractivity contribution in [2.75, 3.05) is 7.11 Å². The molecule has 1 heterocycles. The summed E-state index contributed by atoms with van der Waals surface area (Å²) in [7, 11) is 1.56. The van der Waals surface area contributed by atoms with E-state index in [1.807, 2.05) is 36.4 Å². The van der Waals surface area contributed by atoms with Crippen molar-refractivity contribution in [3.05, 3.63) is 42.8 Å². The first-order valence-electron chi connectivity index (χ1n) is 6.07. The minimum atomic E-state index is -0.142. The van der Waals surface area contributed by atoms with E-state index in [9.17, 15) is 4.79 Å². The van der Waals surface area contributed by atoms with Crippen molar-refractivity contribution in [2.45, 2.75) is 19.8 Å². The number of rotatable bonds is 3. The second-order valence-corrected chi connectivity index (χ2v) is 6.13. The number of methoxy groups -OCH3 is 1. The van der Waals surface area contributed by atoms with Gasteiger partial charge in [-0.2, -0.15) is 0 Å². The van der Waals surface area contributed by atoms with Crippen LogP contribution in [0.15, 0.2) is 23.0 Å². The highest BCUT2D eigenvalue weighted by Gasteiger charge is 2.15. The molecule has 2 rings (SSSR count). The zero-order valence-corrected chi connectivity index (χ0v) is 14.2. The number of aromatic nitrogens is 2. The molecule has 0 spiro atoms. The van der Waals surface area contributed by atoms with Gasteiger partial charge in [-0.15, -0.1) is 0 Å². The second-order valence-electron chi connectivity index (χ2n) is 4.61. The molecule has 0 bridgehead atoms. The molecular weight excluding hydrogens is 391 g/mol. The highest BCUT2D eigenvalue weighted by atomic mass is 127. The largest absolute Gasteiger partial charge is 0.496 e. The standard InChI is InChI=1S/C14H14ClIN2O2/c1-7(2)12-11(16)14(19)18-13(17-12)9-5-4-8(15)6-10(9)20-3/h4-7H,1-3H3,(H,17,18,19). The molecule has 20 heavy (non-hydrogen) atoms. The number of hydrogen-bond donors (Lipinski definition) is 1. The molecule has 106 valence electrons. The Morgan fingerprint density at radius 1 is 1.40 bits per heavy atom. The smallest absolute Gasteiger partial charge is 0.264 e. The van der Waals surface area contributed by atoms with Crippen LogP contribution in [0.25, 0.3) is 11.4 Å². The van der Waals surface area contributed by atoms with Crippen molar-refractivity contribution < 1.29 is 4.74 Å². The lowest BCUT2D eigenvalue weighted by molar-refractivity contribution is 0.416. The number of hydrogen-bond acceptors (Lipinski definition) is 3. The molecule has 0 unspecified atom stereocenters. The number of H-pyrrole nitrogens is 1. The van der Waals surface area contributed by atoms with E-state index in [4.69, 9.17) is 16.3 Å². The van der Waals surface area contributed by atoms with E-state index < -0.39 is 0 Å². The fraction of sp³-hybridized carbons (Fsp3) is 0.286. The zero-order chi connectivity index (χ0) is 14.9. The minimum absolute atomic E-state index is 0.142. The quantitative estimate of drug-likeness (QED) is 0.791. The van der Waals surface area contributed by atoms with Crippen molar-refractivity contribution in [3.8, 4) is 17.1 Å². The molecule has 0 aliphatic carbocycles. The summed E-state index contributed by atoms with van der Waals surface area (Å²) < 4.78 is 5.92. The first kappa shape index (κ1) is 15.3. The summed E-state index contributed by atoms with van der Waals surface area (Å²) in [5, 5.41) is 0.572. The molecule has 0 amide bonds. The van der Waals surface area contributed by atoms with Gasteiger partial charge in [0.05, 0.1) is 21.9 Å². The van der Waals surface area contributed by atoms with Crippen LogP contribution in [0.4, 0.5) is 0 Å². The SMILES string of the molecule is COc1cc(Cl)ccc1-c1nc(C(C)C)c(I)c(=O)[nH]1. The number of ether oxygens (including phenoxy) is 1. The first-order valence-corrected chi connectivity index (χ1v) is 7.53. The van der Waals surface area contributed by atoms with Gasteiger partial charge in [0.2, 0.25) is 0 Å². The van der Waals surface area contributed by atoms with Crippen LogP contribution in [0.1, 0.15) is 25.5 Å². The zero-order valence-electron chi connectivity index (χ0n) is 11.3. The highest BCUT2D eigenvalue weighted by Crippen LogP contribution is 2.30. The molecule has 1 aromatic carbocycles. The molecule has 0 aliphatic rings. The van der Waals surface area contributed by atoms with Crippen molar-refractivity contribution in [1.29, 1.82) is 0 Å². The Morgan fingerprint density at radius 2 is 2.10 bits per heavy atom. The lowest BCUT2D eigenvalue weighted by Gasteiger charge is -2.12. The van der Waals surface area contributed by atoms with Gasteiger partial charge in [-0.3, -0.25) is 4.79 Å². The van der Waals surface area contributed by atoms with Crippen LogP contribution in [0.3, 0.4) is 0 Å². The van der Waals surface area contributed by atoms with Crippen LogP contribution in [0.5, 0.6) is 5.75 Å². The molecular formula is C14H14ClIN2O2. The molecule has 0 aliphatic heterocycles. The third kappa shape index (κ3) is 2.98. The highest BCUT2D eigenvalue weighted by molar-refractivity contribution is 14.1. The van der Waals surface area contributed by atoms with Gasteiger partial charge in [0.25, 0.3) is 5.56 Å². The normalized spacial score (nSPS) is 10.9. The summed E-state index contributed by atoms with van der Waals surface area (Å²) in [5.41, 5.74) is 1.35. The van der Waals surface area contributed by atoms with E-state index in [0.717, 1.165) is 5.69 Å². The van der Waals surface area contributed by atoms with E-state index in [-0.39, 0.29) is 11.5 Å². The topological polar surface area (TPSA) is 55.0 Å². The van der Waals surface area contributed by atoms with Gasteiger partial charge in [0, 0.05) is 5.02 Å². The summed E-state index contributed by atoms with van der Waals surface area (Å²) in [6.45, 7) is 4.01. The second kappa shape index (κ2) is 6.13. The molecule has 0 saturated heterocycles. The Kier molecular flexibility index (Phi) is 4.70. The van der Waals surface area contributed by atoms with Crippen molar-refractivity contribution in [3.63, 3.8) is 0 Å². The number of benzene rings is 1. The monoisotopic (exact) mass is 404 g/mol. The summed E-state index contributed by atoms with van der Waals surface area (Å²) in [6.07, 6.45) is 0. The molecule has 2 aromatic rings. The van der Waals surface area contributed by atoms with Gasteiger partial charge < -0.3 is 9.72 Å². The molecule has 1 N–H and O–H groups in total. The maximum Gasteiger partial charge on any atom is 0.264 e. The Morgan fingerprint density at radius 3 is 2.70 bits per heavy atom. The summed E-state index contributed by atoms with van der Waals surface area (Å²) in [6, 6.07) is 5.23. The van der Waals surface area contributed by atoms with E-state index >= 15 is 0 Å². The van der Waals surface area contributed by atoms with Crippen molar-refractivity contribution >= 4 is 34.2 Å². The van der Waals surface area contributed by atoms with Gasteiger partial charge in [0.1, 0.15) is 11.6 Å². The van der Waals surface area contributed by atoms with Crippen molar-refractivity contribution in [1.82, 2.24) is 9.97 Å². The third-order valence-corrected chi connectivity index (χ3v) is 4.13. The summed E-state index contributed by atoms with van der Waals surface area (Å²) in [5.74, 6) is 1.24. The lowest BCUT2D eigenvalue weighted by atomic mass is 10.1. The maximum absolute atomic E-state index is 12.0. The van der Waals surface area contributed by atoms with Crippen LogP contribution in [0, 0.1) is 3.57 Å². The van der Waals surface area contributed by atoms with Crippen LogP contribution in [0.2, 0.25) is 5.02 Å². The minimum Gasteiger partial charge on any atom is -0.496 e. The van der Waals surface area contributed by atoms with Gasteiger partial charge in [-0.1, -0.05) is 25.4 Å². The molecule has 0 radical (unpaired) electrons. The Hall–Kier alpha value is -1.08. The first-order chi connectivity index (χ1) is 9.43. The lowest BCUT2D eigenvalue weighted by Crippen LogP contribution is -2.17. The molecule has 0 saturated carbocycles. The van der Waals surface area contributed by atoms with Gasteiger partial charge in [-0.05, 0) is 46.7 Å². The number of nitrogens with one attached hydrogen (secondary N) is 1. The van der Waals surface area contributed by atoms with Gasteiger partial charge >= 0.3 is 0 Å². The third-order valence-electron chi connectivity index (χ3n) is 2.85. The van der Waals surface area contributed by atoms with Crippen LogP contribution in [-0.4, -0.2) is 17.1 Å². The molecule has 1 aromatic heterocycles. The average Bonchev–Trinajstić information content (AvgIpc) is 2.41. The van der Waals surface area contributed by atoms with Crippen LogP contribution in [-0.2, 0) is 0 Å². The average molecular weight is 405 g/mol. The fourth-order valence-electron chi connectivity index (χ4n) is 1.85. The van der Waals surface area contributed by atoms with E-state index in [2.05, 4.69) is 9.97 Å². The molecule has 6 heteroatoms. The van der Waals surface area contributed by atoms with Gasteiger partial charge in [-0.25, -0.2) is 4.98 Å². The number of aromatic amines is 1. The predicted octanol–water partition coefficient (Wildman–Crippen LogP) is 3.83. The maximum atomic E-state index is 12.0. The van der Waals surface area contributed by atoms with Crippen LogP contribution >= 0.6 is 34.2 Å². The van der Waals surface area contributed by atoms with Crippen LogP contribution < -0.4 is 10.3 Å². The van der Waals surface area contributed by atoms with E-state index in [1.54, 1.807) is 25.3 Å². The van der Waals surface area contributed by atoms with E-state index in [1.165, 1.54) is 0 Å². The fourth-order valence-corrected chi connectivity index (χ4v) is 2.89. The Labute approximate surface area is 135 Å². The molecule has 4 nitrogen and oxygen atoms in total. The summed E-state index contributed by atoms with van der Waals surface area (Å²) >= 11 is 7.97. The van der Waals surface area contributed by atoms with Gasteiger partial charge in [0.15, 0.2) is 0 Å². The predicted molar refractivity (Wildman–Crippen MR) is 88.7 cm³/mol. The Balaban J connectivity index is 2.67. The van der Waals surface area contributed by atoms with Crippen molar-refractivity contribution in [2.24, 2.45) is 0 Å². The number of nitrogens with zero attached hydrogens (tertiary/aromatic N) is 1. The molecule has 0 atom stereocenters. The Bertz CT molecular complexity index is 698. The summed E-state index contributed by atoms with van der Waals surface area (Å²) in [4.78, 5) is 19.4.